The molecule has 11 heteroatoms. The van der Waals surface area contributed by atoms with Gasteiger partial charge in [0.25, 0.3) is 0 Å². The molecule has 0 N–H and O–H groups in total. The third kappa shape index (κ3) is 12.3. The van der Waals surface area contributed by atoms with Crippen molar-refractivity contribution in [3.8, 4) is 17.2 Å². The normalized spacial score (nSPS) is 11.3. The molecule has 0 heterocycles. The van der Waals surface area contributed by atoms with Crippen molar-refractivity contribution in [2.75, 3.05) is 21.3 Å². The molecule has 0 aliphatic rings. The van der Waals surface area contributed by atoms with Gasteiger partial charge in [-0.25, -0.2) is 0 Å². The number of hydrogen-bond donors (Lipinski definition) is 2. The highest BCUT2D eigenvalue weighted by Crippen LogP contribution is 2.40. The summed E-state index contributed by atoms with van der Waals surface area (Å²) in [5, 5.41) is 0. The quantitative estimate of drug-likeness (QED) is 0.0513. The summed E-state index contributed by atoms with van der Waals surface area (Å²) in [6, 6.07) is 18.0. The molecule has 0 unspecified atom stereocenters. The highest BCUT2D eigenvalue weighted by molar-refractivity contribution is 8.76. The van der Waals surface area contributed by atoms with Crippen LogP contribution in [0.3, 0.4) is 0 Å². The SMILES string of the molecule is COc1cc(CSSCc2cc(C)c(CSSCc3cc(OC)c(CSSCc4cc(C)c(CS)cc4C)cc3C)cc2OC)c(C)cc1CS. The average Bonchev–Trinajstić information content (AvgIpc) is 3.13. The van der Waals surface area contributed by atoms with Crippen LogP contribution in [0.2, 0.25) is 0 Å². The van der Waals surface area contributed by atoms with Crippen LogP contribution in [0.25, 0.3) is 0 Å². The molecule has 0 aromatic heterocycles. The van der Waals surface area contributed by atoms with E-state index >= 15 is 0 Å². The summed E-state index contributed by atoms with van der Waals surface area (Å²) in [6.45, 7) is 11.0. The van der Waals surface area contributed by atoms with Crippen molar-refractivity contribution >= 4 is 90.0 Å². The standard InChI is InChI=1S/C40H50O3S8/c1-25-11-32(26(2)9-30(25)17-44)19-46-50-23-36-12-28(4)34(15-39(36)42-7)21-47-48-22-35-16-40(43-8)37(13-29(35)5)24-51-49-20-33-14-38(41-6)31(18-45)10-27(33)3/h9-16,44-45H,17-24H2,1-8H3. The Hall–Kier alpha value is -0.920. The molecule has 0 radical (unpaired) electrons. The Morgan fingerprint density at radius 3 is 0.922 bits per heavy atom. The van der Waals surface area contributed by atoms with Gasteiger partial charge in [0, 0.05) is 62.7 Å². The van der Waals surface area contributed by atoms with Crippen LogP contribution < -0.4 is 14.2 Å². The summed E-state index contributed by atoms with van der Waals surface area (Å²) < 4.78 is 17.3. The van der Waals surface area contributed by atoms with Crippen LogP contribution in [-0.4, -0.2) is 21.3 Å². The fourth-order valence-electron chi connectivity index (χ4n) is 5.65. The van der Waals surface area contributed by atoms with Gasteiger partial charge in [0.05, 0.1) is 21.3 Å². The number of methoxy groups -OCH3 is 3. The second-order valence-corrected chi connectivity index (χ2v) is 20.4. The van der Waals surface area contributed by atoms with Gasteiger partial charge in [0.1, 0.15) is 17.2 Å². The molecule has 0 atom stereocenters. The number of benzene rings is 4. The van der Waals surface area contributed by atoms with Crippen LogP contribution in [0.1, 0.15) is 72.3 Å². The van der Waals surface area contributed by atoms with Crippen LogP contribution in [0, 0.1) is 34.6 Å². The zero-order chi connectivity index (χ0) is 36.9. The first-order chi connectivity index (χ1) is 24.6. The summed E-state index contributed by atoms with van der Waals surface area (Å²) >= 11 is 8.91. The van der Waals surface area contributed by atoms with Crippen molar-refractivity contribution in [3.63, 3.8) is 0 Å². The smallest absolute Gasteiger partial charge is 0.123 e. The molecule has 0 aliphatic heterocycles. The lowest BCUT2D eigenvalue weighted by atomic mass is 10.0. The number of hydrogen-bond acceptors (Lipinski definition) is 11. The molecule has 0 amide bonds. The fourth-order valence-corrected chi connectivity index (χ4v) is 13.0. The Kier molecular flexibility index (Phi) is 18.3. The van der Waals surface area contributed by atoms with Gasteiger partial charge in [-0.2, -0.15) is 25.3 Å². The lowest BCUT2D eigenvalue weighted by Crippen LogP contribution is -1.96. The molecule has 4 aromatic rings. The lowest BCUT2D eigenvalue weighted by Gasteiger charge is -2.15. The Morgan fingerprint density at radius 2 is 0.588 bits per heavy atom. The maximum absolute atomic E-state index is 5.85. The topological polar surface area (TPSA) is 27.7 Å². The maximum atomic E-state index is 5.85. The summed E-state index contributed by atoms with van der Waals surface area (Å²) in [5.74, 6) is 9.90. The Morgan fingerprint density at radius 1 is 0.353 bits per heavy atom. The van der Waals surface area contributed by atoms with Crippen molar-refractivity contribution in [2.45, 2.75) is 80.6 Å². The molecular formula is C40H50O3S8. The zero-order valence-corrected chi connectivity index (χ0v) is 37.5. The predicted molar refractivity (Wildman–Crippen MR) is 242 cm³/mol. The Balaban J connectivity index is 1.25. The first-order valence-corrected chi connectivity index (χ1v) is 25.4. The molecular weight excluding hydrogens is 785 g/mol. The monoisotopic (exact) mass is 834 g/mol. The van der Waals surface area contributed by atoms with Crippen LogP contribution >= 0.6 is 90.0 Å². The second-order valence-electron chi connectivity index (χ2n) is 12.4. The van der Waals surface area contributed by atoms with E-state index < -0.39 is 0 Å². The molecule has 4 aromatic carbocycles. The minimum Gasteiger partial charge on any atom is -0.496 e. The fraction of sp³-hybridized carbons (Fsp3) is 0.400. The van der Waals surface area contributed by atoms with E-state index in [1.54, 1.807) is 21.3 Å². The summed E-state index contributed by atoms with van der Waals surface area (Å²) in [7, 11) is 16.6. The Bertz CT molecular complexity index is 1760. The number of aryl methyl sites for hydroxylation is 5. The molecule has 0 spiro atoms. The van der Waals surface area contributed by atoms with Gasteiger partial charge < -0.3 is 14.2 Å². The van der Waals surface area contributed by atoms with Gasteiger partial charge in [-0.1, -0.05) is 95.1 Å². The van der Waals surface area contributed by atoms with E-state index in [1.165, 1.54) is 66.8 Å². The molecule has 0 aliphatic carbocycles. The zero-order valence-electron chi connectivity index (χ0n) is 30.8. The van der Waals surface area contributed by atoms with Crippen molar-refractivity contribution in [3.05, 3.63) is 121 Å². The summed E-state index contributed by atoms with van der Waals surface area (Å²) in [4.78, 5) is 0. The first-order valence-electron chi connectivity index (χ1n) is 16.6. The molecule has 0 saturated carbocycles. The van der Waals surface area contributed by atoms with E-state index in [-0.39, 0.29) is 0 Å². The third-order valence-electron chi connectivity index (χ3n) is 8.89. The molecule has 4 rings (SSSR count). The average molecular weight is 835 g/mol. The molecule has 0 saturated heterocycles. The molecule has 0 bridgehead atoms. The van der Waals surface area contributed by atoms with Crippen LogP contribution in [0.15, 0.2) is 48.5 Å². The molecule has 51 heavy (non-hydrogen) atoms. The van der Waals surface area contributed by atoms with E-state index in [4.69, 9.17) is 14.2 Å². The van der Waals surface area contributed by atoms with E-state index in [9.17, 15) is 0 Å². The first kappa shape index (κ1) is 42.8. The van der Waals surface area contributed by atoms with Gasteiger partial charge in [0.2, 0.25) is 0 Å². The van der Waals surface area contributed by atoms with Gasteiger partial charge in [-0.05, 0) is 108 Å². The van der Waals surface area contributed by atoms with Crippen molar-refractivity contribution in [1.82, 2.24) is 0 Å². The maximum Gasteiger partial charge on any atom is 0.123 e. The van der Waals surface area contributed by atoms with Crippen molar-refractivity contribution in [2.24, 2.45) is 0 Å². The minimum atomic E-state index is 0.675. The van der Waals surface area contributed by atoms with E-state index in [2.05, 4.69) is 108 Å². The van der Waals surface area contributed by atoms with Crippen LogP contribution in [0.4, 0.5) is 0 Å². The number of rotatable bonds is 20. The number of ether oxygens (including phenoxy) is 3. The highest BCUT2D eigenvalue weighted by Gasteiger charge is 2.13. The second kappa shape index (κ2) is 21.8. The van der Waals surface area contributed by atoms with Crippen molar-refractivity contribution < 1.29 is 14.2 Å². The van der Waals surface area contributed by atoms with Gasteiger partial charge >= 0.3 is 0 Å². The molecule has 0 fully saturated rings. The lowest BCUT2D eigenvalue weighted by molar-refractivity contribution is 0.411. The van der Waals surface area contributed by atoms with Gasteiger partial charge in [-0.3, -0.25) is 0 Å². The van der Waals surface area contributed by atoms with E-state index in [0.29, 0.717) is 5.75 Å². The summed E-state index contributed by atoms with van der Waals surface area (Å²) in [6.07, 6.45) is 0. The largest absolute Gasteiger partial charge is 0.496 e. The van der Waals surface area contributed by atoms with Gasteiger partial charge in [0.15, 0.2) is 0 Å². The third-order valence-corrected chi connectivity index (χ3v) is 16.3. The van der Waals surface area contributed by atoms with Crippen LogP contribution in [0.5, 0.6) is 17.2 Å². The van der Waals surface area contributed by atoms with Crippen molar-refractivity contribution in [1.29, 1.82) is 0 Å². The Labute approximate surface area is 341 Å². The van der Waals surface area contributed by atoms with Crippen LogP contribution in [-0.2, 0) is 46.0 Å². The van der Waals surface area contributed by atoms with Gasteiger partial charge in [-0.15, -0.1) is 0 Å². The molecule has 276 valence electrons. The van der Waals surface area contributed by atoms with E-state index in [1.807, 2.05) is 64.8 Å². The summed E-state index contributed by atoms with van der Waals surface area (Å²) in [5.41, 5.74) is 16.9. The number of thiol groups is 2. The highest BCUT2D eigenvalue weighted by atomic mass is 33.1. The molecule has 3 nitrogen and oxygen atoms in total. The van der Waals surface area contributed by atoms with E-state index in [0.717, 1.165) is 63.1 Å². The predicted octanol–water partition coefficient (Wildman–Crippen LogP) is 13.4. The minimum absolute atomic E-state index is 0.675.